The molecule has 0 aliphatic rings. The zero-order chi connectivity index (χ0) is 11.3. The van der Waals surface area contributed by atoms with Gasteiger partial charge < -0.3 is 4.90 Å². The molecule has 0 atom stereocenters. The third-order valence-corrected chi connectivity index (χ3v) is 2.77. The Hall–Kier alpha value is -0.670. The van der Waals surface area contributed by atoms with Gasteiger partial charge in [-0.2, -0.15) is 11.8 Å². The molecule has 0 saturated heterocycles. The van der Waals surface area contributed by atoms with Gasteiger partial charge in [0.05, 0.1) is 5.75 Å². The second kappa shape index (κ2) is 6.03. The van der Waals surface area contributed by atoms with Crippen molar-refractivity contribution in [1.29, 1.82) is 0 Å². The van der Waals surface area contributed by atoms with Crippen molar-refractivity contribution >= 4 is 29.3 Å². The number of benzene rings is 1. The van der Waals surface area contributed by atoms with Crippen molar-refractivity contribution in [2.45, 2.75) is 6.54 Å². The van der Waals surface area contributed by atoms with Gasteiger partial charge in [0.1, 0.15) is 0 Å². The number of hydrogen-bond donors (Lipinski definition) is 0. The van der Waals surface area contributed by atoms with Gasteiger partial charge in [0.15, 0.2) is 0 Å². The molecule has 0 unspecified atom stereocenters. The first-order valence-electron chi connectivity index (χ1n) is 4.61. The molecule has 2 nitrogen and oxygen atoms in total. The van der Waals surface area contributed by atoms with Gasteiger partial charge in [0.25, 0.3) is 0 Å². The monoisotopic (exact) mass is 243 g/mol. The smallest absolute Gasteiger partial charge is 0.232 e. The van der Waals surface area contributed by atoms with Crippen LogP contribution in [-0.2, 0) is 11.3 Å². The lowest BCUT2D eigenvalue weighted by molar-refractivity contribution is -0.127. The number of carbonyl (C=O) groups excluding carboxylic acids is 1. The van der Waals surface area contributed by atoms with Crippen molar-refractivity contribution in [3.63, 3.8) is 0 Å². The Morgan fingerprint density at radius 2 is 2.27 bits per heavy atom. The van der Waals surface area contributed by atoms with Crippen molar-refractivity contribution in [3.05, 3.63) is 34.9 Å². The highest BCUT2D eigenvalue weighted by Crippen LogP contribution is 2.12. The summed E-state index contributed by atoms with van der Waals surface area (Å²) in [7, 11) is 1.81. The van der Waals surface area contributed by atoms with Crippen molar-refractivity contribution in [2.75, 3.05) is 19.1 Å². The predicted molar refractivity (Wildman–Crippen MR) is 66.3 cm³/mol. The molecule has 4 heteroatoms. The van der Waals surface area contributed by atoms with Gasteiger partial charge in [-0.05, 0) is 24.0 Å². The molecule has 0 saturated carbocycles. The molecule has 0 spiro atoms. The molecule has 82 valence electrons. The molecule has 1 amide bonds. The van der Waals surface area contributed by atoms with E-state index < -0.39 is 0 Å². The van der Waals surface area contributed by atoms with Crippen molar-refractivity contribution in [3.8, 4) is 0 Å². The summed E-state index contributed by atoms with van der Waals surface area (Å²) in [5.74, 6) is 0.666. The van der Waals surface area contributed by atoms with Crippen LogP contribution in [0.2, 0.25) is 5.02 Å². The first-order chi connectivity index (χ1) is 7.13. The zero-order valence-corrected chi connectivity index (χ0v) is 10.4. The van der Waals surface area contributed by atoms with Crippen LogP contribution in [0, 0.1) is 0 Å². The largest absolute Gasteiger partial charge is 0.341 e. The zero-order valence-electron chi connectivity index (χ0n) is 8.87. The highest BCUT2D eigenvalue weighted by molar-refractivity contribution is 7.99. The maximum Gasteiger partial charge on any atom is 0.232 e. The molecule has 0 radical (unpaired) electrons. The van der Waals surface area contributed by atoms with Crippen molar-refractivity contribution in [2.24, 2.45) is 0 Å². The van der Waals surface area contributed by atoms with Crippen LogP contribution in [-0.4, -0.2) is 29.9 Å². The summed E-state index contributed by atoms with van der Waals surface area (Å²) in [4.78, 5) is 13.2. The Kier molecular flexibility index (Phi) is 4.99. The van der Waals surface area contributed by atoms with Gasteiger partial charge in [0.2, 0.25) is 5.91 Å². The average Bonchev–Trinajstić information content (AvgIpc) is 2.18. The van der Waals surface area contributed by atoms with Crippen molar-refractivity contribution < 1.29 is 4.79 Å². The number of nitrogens with zero attached hydrogens (tertiary/aromatic N) is 1. The highest BCUT2D eigenvalue weighted by atomic mass is 35.5. The van der Waals surface area contributed by atoms with E-state index in [0.29, 0.717) is 17.3 Å². The van der Waals surface area contributed by atoms with E-state index in [1.54, 1.807) is 11.9 Å². The molecule has 0 aliphatic heterocycles. The summed E-state index contributed by atoms with van der Waals surface area (Å²) in [5, 5.41) is 0.707. The van der Waals surface area contributed by atoms with E-state index in [4.69, 9.17) is 11.6 Å². The van der Waals surface area contributed by atoms with Crippen LogP contribution >= 0.6 is 23.4 Å². The summed E-state index contributed by atoms with van der Waals surface area (Å²) in [5.41, 5.74) is 1.06. The highest BCUT2D eigenvalue weighted by Gasteiger charge is 2.07. The molecule has 0 heterocycles. The number of thioether (sulfide) groups is 1. The molecule has 0 aliphatic carbocycles. The fourth-order valence-electron chi connectivity index (χ4n) is 1.23. The number of halogens is 1. The first kappa shape index (κ1) is 12.4. The molecule has 1 aromatic carbocycles. The number of amides is 1. The SMILES string of the molecule is CSCC(=O)N(C)Cc1cccc(Cl)c1. The fraction of sp³-hybridized carbons (Fsp3) is 0.364. The standard InChI is InChI=1S/C11H14ClNOS/c1-13(11(14)8-15-2)7-9-4-3-5-10(12)6-9/h3-6H,7-8H2,1-2H3. The van der Waals surface area contributed by atoms with E-state index in [9.17, 15) is 4.79 Å². The van der Waals surface area contributed by atoms with Crippen LogP contribution in [0.15, 0.2) is 24.3 Å². The molecule has 1 rings (SSSR count). The molecule has 1 aromatic rings. The van der Waals surface area contributed by atoms with Crippen molar-refractivity contribution in [1.82, 2.24) is 4.90 Å². The first-order valence-corrected chi connectivity index (χ1v) is 6.38. The molecular formula is C11H14ClNOS. The Balaban J connectivity index is 2.58. The topological polar surface area (TPSA) is 20.3 Å². The van der Waals surface area contributed by atoms with E-state index in [2.05, 4.69) is 0 Å². The lowest BCUT2D eigenvalue weighted by Crippen LogP contribution is -2.27. The van der Waals surface area contributed by atoms with Gasteiger partial charge in [0, 0.05) is 18.6 Å². The average molecular weight is 244 g/mol. The predicted octanol–water partition coefficient (Wildman–Crippen LogP) is 2.66. The molecular weight excluding hydrogens is 230 g/mol. The molecule has 0 bridgehead atoms. The molecule has 15 heavy (non-hydrogen) atoms. The summed E-state index contributed by atoms with van der Waals surface area (Å²) < 4.78 is 0. The van der Waals surface area contributed by atoms with Crippen LogP contribution in [0.1, 0.15) is 5.56 Å². The van der Waals surface area contributed by atoms with E-state index in [-0.39, 0.29) is 5.91 Å². The lowest BCUT2D eigenvalue weighted by atomic mass is 10.2. The maximum absolute atomic E-state index is 11.5. The van der Waals surface area contributed by atoms with Gasteiger partial charge in [-0.1, -0.05) is 23.7 Å². The maximum atomic E-state index is 11.5. The van der Waals surface area contributed by atoms with E-state index in [1.165, 1.54) is 11.8 Å². The minimum absolute atomic E-state index is 0.141. The van der Waals surface area contributed by atoms with Gasteiger partial charge in [-0.25, -0.2) is 0 Å². The molecule has 0 N–H and O–H groups in total. The second-order valence-corrected chi connectivity index (χ2v) is 4.62. The molecule has 0 aromatic heterocycles. The second-order valence-electron chi connectivity index (χ2n) is 3.31. The number of hydrogen-bond acceptors (Lipinski definition) is 2. The summed E-state index contributed by atoms with van der Waals surface area (Å²) in [6, 6.07) is 7.57. The Morgan fingerprint density at radius 1 is 1.53 bits per heavy atom. The Bertz CT molecular complexity index is 343. The van der Waals surface area contributed by atoms with Crippen LogP contribution < -0.4 is 0 Å². The van der Waals surface area contributed by atoms with E-state index in [0.717, 1.165) is 5.56 Å². The quantitative estimate of drug-likeness (QED) is 0.811. The van der Waals surface area contributed by atoms with E-state index in [1.807, 2.05) is 30.5 Å². The number of carbonyl (C=O) groups is 1. The summed E-state index contributed by atoms with van der Waals surface area (Å²) in [6.45, 7) is 0.611. The van der Waals surface area contributed by atoms with Gasteiger partial charge >= 0.3 is 0 Å². The lowest BCUT2D eigenvalue weighted by Gasteiger charge is -2.16. The van der Waals surface area contributed by atoms with Crippen LogP contribution in [0.4, 0.5) is 0 Å². The normalized spacial score (nSPS) is 10.1. The van der Waals surface area contributed by atoms with Crippen LogP contribution in [0.5, 0.6) is 0 Å². The van der Waals surface area contributed by atoms with Crippen LogP contribution in [0.3, 0.4) is 0 Å². The van der Waals surface area contributed by atoms with Gasteiger partial charge in [-0.3, -0.25) is 4.79 Å². The third-order valence-electron chi connectivity index (χ3n) is 2.00. The third kappa shape index (κ3) is 4.14. The minimum Gasteiger partial charge on any atom is -0.341 e. The minimum atomic E-state index is 0.141. The van der Waals surface area contributed by atoms with E-state index >= 15 is 0 Å². The molecule has 0 fully saturated rings. The number of rotatable bonds is 4. The Labute approximate surface area is 99.6 Å². The van der Waals surface area contributed by atoms with Gasteiger partial charge in [-0.15, -0.1) is 0 Å². The Morgan fingerprint density at radius 3 is 2.87 bits per heavy atom. The summed E-state index contributed by atoms with van der Waals surface area (Å²) >= 11 is 7.40. The summed E-state index contributed by atoms with van der Waals surface area (Å²) in [6.07, 6.45) is 1.92. The fourth-order valence-corrected chi connectivity index (χ4v) is 1.91. The van der Waals surface area contributed by atoms with Crippen LogP contribution in [0.25, 0.3) is 0 Å².